The molecule has 2 heterocycles. The van der Waals surface area contributed by atoms with Gasteiger partial charge in [-0.2, -0.15) is 0 Å². The molecule has 2 aromatic rings. The van der Waals surface area contributed by atoms with Crippen molar-refractivity contribution < 1.29 is 73.7 Å². The third kappa shape index (κ3) is 8.25. The Morgan fingerprint density at radius 2 is 1.59 bits per heavy atom. The number of hydrogen-bond acceptors (Lipinski definition) is 15. The standard InChI is InChI=1S/C31H40O15/c1-15-24(36)25(37)26(38)31(43-15)46-29-27(39)30(42-11-10-17-5-8-20(40-2)21(13-17)41-3)44-22(14-32)28(29)45-23(35)9-6-16-4-7-18(33)19(34)12-16/h4-9,12-13,15,22,24-34,36-39H,10-11,14H2,1-3H3. The smallest absolute Gasteiger partial charge is 0.331 e. The van der Waals surface area contributed by atoms with Gasteiger partial charge in [-0.05, 0) is 54.8 Å². The first kappa shape index (κ1) is 35.3. The van der Waals surface area contributed by atoms with E-state index in [4.69, 9.17) is 33.2 Å². The van der Waals surface area contributed by atoms with E-state index in [0.29, 0.717) is 23.5 Å². The zero-order chi connectivity index (χ0) is 33.5. The maximum absolute atomic E-state index is 12.9. The summed E-state index contributed by atoms with van der Waals surface area (Å²) < 4.78 is 39.1. The monoisotopic (exact) mass is 652 g/mol. The number of esters is 1. The Labute approximate surface area is 264 Å². The maximum Gasteiger partial charge on any atom is 0.331 e. The molecule has 0 saturated carbocycles. The topological polar surface area (TPSA) is 223 Å². The summed E-state index contributed by atoms with van der Waals surface area (Å²) >= 11 is 0. The molecule has 0 spiro atoms. The molecule has 15 heteroatoms. The third-order valence-electron chi connectivity index (χ3n) is 7.68. The summed E-state index contributed by atoms with van der Waals surface area (Å²) in [5.74, 6) is -0.658. The van der Waals surface area contributed by atoms with Gasteiger partial charge in [0.2, 0.25) is 0 Å². The fraction of sp³-hybridized carbons (Fsp3) is 0.516. The van der Waals surface area contributed by atoms with Crippen LogP contribution in [0.4, 0.5) is 0 Å². The van der Waals surface area contributed by atoms with Crippen LogP contribution in [0.3, 0.4) is 0 Å². The third-order valence-corrected chi connectivity index (χ3v) is 7.68. The summed E-state index contributed by atoms with van der Waals surface area (Å²) in [6.07, 6.45) is -12.1. The van der Waals surface area contributed by atoms with E-state index < -0.39 is 79.7 Å². The molecule has 0 amide bonds. The van der Waals surface area contributed by atoms with E-state index in [2.05, 4.69) is 0 Å². The number of hydrogen-bond donors (Lipinski definition) is 7. The zero-order valence-electron chi connectivity index (χ0n) is 25.4. The van der Waals surface area contributed by atoms with Crippen LogP contribution < -0.4 is 9.47 Å². The minimum Gasteiger partial charge on any atom is -0.504 e. The number of aliphatic hydroxyl groups excluding tert-OH is 5. The summed E-state index contributed by atoms with van der Waals surface area (Å²) in [5.41, 5.74) is 1.16. The lowest BCUT2D eigenvalue weighted by Crippen LogP contribution is -2.65. The second-order valence-corrected chi connectivity index (χ2v) is 10.8. The van der Waals surface area contributed by atoms with Crippen molar-refractivity contribution in [1.29, 1.82) is 0 Å². The Kier molecular flexibility index (Phi) is 12.2. The van der Waals surface area contributed by atoms with Gasteiger partial charge in [-0.15, -0.1) is 0 Å². The van der Waals surface area contributed by atoms with Crippen LogP contribution in [0.1, 0.15) is 18.1 Å². The summed E-state index contributed by atoms with van der Waals surface area (Å²) in [5, 5.41) is 71.7. The number of benzene rings is 2. The first-order valence-corrected chi connectivity index (χ1v) is 14.5. The molecule has 4 rings (SSSR count). The lowest BCUT2D eigenvalue weighted by Gasteiger charge is -2.46. The molecular formula is C31H40O15. The summed E-state index contributed by atoms with van der Waals surface area (Å²) in [6, 6.07) is 9.16. The lowest BCUT2D eigenvalue weighted by molar-refractivity contribution is -0.357. The molecule has 0 bridgehead atoms. The number of carbonyl (C=O) groups excluding carboxylic acids is 1. The number of carbonyl (C=O) groups is 1. The van der Waals surface area contributed by atoms with Crippen LogP contribution >= 0.6 is 0 Å². The Morgan fingerprint density at radius 3 is 2.26 bits per heavy atom. The zero-order valence-corrected chi connectivity index (χ0v) is 25.4. The van der Waals surface area contributed by atoms with Gasteiger partial charge < -0.3 is 68.9 Å². The highest BCUT2D eigenvalue weighted by Gasteiger charge is 2.52. The number of rotatable bonds is 12. The second-order valence-electron chi connectivity index (χ2n) is 10.8. The fourth-order valence-electron chi connectivity index (χ4n) is 5.07. The summed E-state index contributed by atoms with van der Waals surface area (Å²) in [7, 11) is 3.02. The van der Waals surface area contributed by atoms with Gasteiger partial charge in [0, 0.05) is 6.08 Å². The van der Waals surface area contributed by atoms with Crippen molar-refractivity contribution in [2.45, 2.75) is 74.8 Å². The Balaban J connectivity index is 1.52. The highest BCUT2D eigenvalue weighted by Crippen LogP contribution is 2.32. The molecule has 15 nitrogen and oxygen atoms in total. The van der Waals surface area contributed by atoms with E-state index in [1.54, 1.807) is 18.2 Å². The molecule has 2 aromatic carbocycles. The van der Waals surface area contributed by atoms with Crippen LogP contribution in [-0.4, -0.2) is 131 Å². The molecule has 2 fully saturated rings. The molecule has 254 valence electrons. The van der Waals surface area contributed by atoms with Crippen molar-refractivity contribution in [3.63, 3.8) is 0 Å². The Bertz CT molecular complexity index is 1340. The molecule has 10 unspecified atom stereocenters. The van der Waals surface area contributed by atoms with Crippen molar-refractivity contribution in [2.75, 3.05) is 27.4 Å². The quantitative estimate of drug-likeness (QED) is 0.0880. The van der Waals surface area contributed by atoms with Gasteiger partial charge in [-0.1, -0.05) is 12.1 Å². The van der Waals surface area contributed by atoms with Gasteiger partial charge in [-0.3, -0.25) is 0 Å². The first-order valence-electron chi connectivity index (χ1n) is 14.5. The van der Waals surface area contributed by atoms with Crippen molar-refractivity contribution in [3.8, 4) is 23.0 Å². The predicted molar refractivity (Wildman–Crippen MR) is 157 cm³/mol. The van der Waals surface area contributed by atoms with Gasteiger partial charge in [-0.25, -0.2) is 4.79 Å². The number of aromatic hydroxyl groups is 2. The SMILES string of the molecule is COc1ccc(CCOC2OC(CO)C(OC(=O)C=Cc3ccc(O)c(O)c3)C(OC3OC(C)C(O)C(O)C3O)C2O)cc1OC. The summed E-state index contributed by atoms with van der Waals surface area (Å²) in [6.45, 7) is 0.761. The van der Waals surface area contributed by atoms with Gasteiger partial charge in [0.15, 0.2) is 41.7 Å². The van der Waals surface area contributed by atoms with E-state index in [0.717, 1.165) is 11.6 Å². The minimum atomic E-state index is -1.75. The first-order chi connectivity index (χ1) is 22.0. The van der Waals surface area contributed by atoms with Gasteiger partial charge in [0.1, 0.15) is 36.6 Å². The molecule has 0 radical (unpaired) electrons. The fourth-order valence-corrected chi connectivity index (χ4v) is 5.07. The average Bonchev–Trinajstić information content (AvgIpc) is 3.05. The van der Waals surface area contributed by atoms with Crippen LogP contribution in [0.25, 0.3) is 6.08 Å². The van der Waals surface area contributed by atoms with Gasteiger partial charge in [0.05, 0.1) is 33.5 Å². The van der Waals surface area contributed by atoms with E-state index in [-0.39, 0.29) is 12.4 Å². The number of aliphatic hydroxyl groups is 5. The second kappa shape index (κ2) is 15.9. The van der Waals surface area contributed by atoms with E-state index in [1.165, 1.54) is 45.4 Å². The lowest BCUT2D eigenvalue weighted by atomic mass is 9.97. The molecule has 0 aromatic heterocycles. The van der Waals surface area contributed by atoms with E-state index in [9.17, 15) is 40.5 Å². The predicted octanol–water partition coefficient (Wildman–Crippen LogP) is -0.410. The molecule has 0 aliphatic carbocycles. The van der Waals surface area contributed by atoms with Crippen molar-refractivity contribution in [3.05, 3.63) is 53.6 Å². The van der Waals surface area contributed by atoms with Gasteiger partial charge >= 0.3 is 5.97 Å². The highest BCUT2D eigenvalue weighted by atomic mass is 16.7. The highest BCUT2D eigenvalue weighted by molar-refractivity contribution is 5.87. The summed E-state index contributed by atoms with van der Waals surface area (Å²) in [4.78, 5) is 12.9. The Hall–Kier alpha value is -3.51. The molecule has 2 aliphatic rings. The number of phenolic OH excluding ortho intramolecular Hbond substituents is 2. The van der Waals surface area contributed by atoms with Crippen LogP contribution in [-0.2, 0) is 34.9 Å². The van der Waals surface area contributed by atoms with Crippen LogP contribution in [0.5, 0.6) is 23.0 Å². The molecule has 7 N–H and O–H groups in total. The van der Waals surface area contributed by atoms with Gasteiger partial charge in [0.25, 0.3) is 0 Å². The average molecular weight is 653 g/mol. The van der Waals surface area contributed by atoms with E-state index in [1.807, 2.05) is 0 Å². The van der Waals surface area contributed by atoms with Crippen LogP contribution in [0, 0.1) is 0 Å². The molecule has 46 heavy (non-hydrogen) atoms. The number of methoxy groups -OCH3 is 2. The van der Waals surface area contributed by atoms with Crippen LogP contribution in [0.15, 0.2) is 42.5 Å². The maximum atomic E-state index is 12.9. The van der Waals surface area contributed by atoms with E-state index >= 15 is 0 Å². The molecule has 10 atom stereocenters. The van der Waals surface area contributed by atoms with Crippen LogP contribution in [0.2, 0.25) is 0 Å². The normalized spacial score (nSPS) is 31.5. The molecular weight excluding hydrogens is 612 g/mol. The minimum absolute atomic E-state index is 0.0270. The number of ether oxygens (including phenoxy) is 7. The molecule has 2 aliphatic heterocycles. The van der Waals surface area contributed by atoms with Crippen molar-refractivity contribution >= 4 is 12.0 Å². The van der Waals surface area contributed by atoms with Crippen molar-refractivity contribution in [1.82, 2.24) is 0 Å². The Morgan fingerprint density at radius 1 is 0.848 bits per heavy atom. The largest absolute Gasteiger partial charge is 0.504 e. The van der Waals surface area contributed by atoms with Crippen molar-refractivity contribution in [2.24, 2.45) is 0 Å². The molecule has 2 saturated heterocycles. The number of phenols is 2.